The maximum Gasteiger partial charge on any atom is 0.0372 e. The molecule has 0 bridgehead atoms. The maximum atomic E-state index is 3.67. The van der Waals surface area contributed by atoms with Gasteiger partial charge in [-0.25, -0.2) is 0 Å². The number of rotatable bonds is 5. The predicted molar refractivity (Wildman–Crippen MR) is 93.1 cm³/mol. The van der Waals surface area contributed by atoms with E-state index in [1.165, 1.54) is 16.7 Å². The van der Waals surface area contributed by atoms with Gasteiger partial charge in [0.25, 0.3) is 0 Å². The van der Waals surface area contributed by atoms with Gasteiger partial charge in [-0.2, -0.15) is 0 Å². The molecule has 2 rings (SSSR count). The summed E-state index contributed by atoms with van der Waals surface area (Å²) < 4.78 is 2.27. The zero-order valence-electron chi connectivity index (χ0n) is 11.8. The van der Waals surface area contributed by atoms with Crippen molar-refractivity contribution < 1.29 is 0 Å². The molecule has 0 radical (unpaired) electrons. The molecule has 2 aromatic carbocycles. The quantitative estimate of drug-likeness (QED) is 0.711. The lowest BCUT2D eigenvalue weighted by molar-refractivity contribution is 0.547. The number of nitrogens with one attached hydrogen (secondary N) is 1. The molecule has 0 spiro atoms. The first kappa shape index (κ1) is 15.7. The van der Waals surface area contributed by atoms with Crippen LogP contribution in [-0.2, 0) is 6.42 Å². The van der Waals surface area contributed by atoms with E-state index < -0.39 is 0 Å². The fourth-order valence-electron chi connectivity index (χ4n) is 2.28. The number of aryl methyl sites for hydroxylation is 1. The van der Waals surface area contributed by atoms with Crippen molar-refractivity contribution in [1.82, 2.24) is 5.32 Å². The Morgan fingerprint density at radius 1 is 1.05 bits per heavy atom. The molecule has 20 heavy (non-hydrogen) atoms. The third-order valence-electron chi connectivity index (χ3n) is 3.34. The molecule has 0 saturated heterocycles. The summed E-state index contributed by atoms with van der Waals surface area (Å²) in [5, 5.41) is 3.58. The lowest BCUT2D eigenvalue weighted by Crippen LogP contribution is -2.23. The third kappa shape index (κ3) is 4.18. The molecule has 1 atom stereocenters. The van der Waals surface area contributed by atoms with Crippen LogP contribution < -0.4 is 5.32 Å². The van der Waals surface area contributed by atoms with Crippen molar-refractivity contribution in [3.8, 4) is 0 Å². The first-order valence-corrected chi connectivity index (χ1v) is 8.42. The summed E-state index contributed by atoms with van der Waals surface area (Å²) in [5.74, 6) is 0. The van der Waals surface area contributed by atoms with Crippen LogP contribution in [0.5, 0.6) is 0 Å². The minimum absolute atomic E-state index is 0.314. The van der Waals surface area contributed by atoms with E-state index in [2.05, 4.69) is 93.5 Å². The van der Waals surface area contributed by atoms with Crippen molar-refractivity contribution >= 4 is 31.9 Å². The Hall–Kier alpha value is -0.640. The number of halogens is 2. The van der Waals surface area contributed by atoms with Crippen LogP contribution in [0.4, 0.5) is 0 Å². The summed E-state index contributed by atoms with van der Waals surface area (Å²) in [5.41, 5.74) is 3.95. The topological polar surface area (TPSA) is 12.0 Å². The van der Waals surface area contributed by atoms with Crippen LogP contribution in [0.3, 0.4) is 0 Å². The molecule has 3 heteroatoms. The summed E-state index contributed by atoms with van der Waals surface area (Å²) in [6, 6.07) is 15.4. The summed E-state index contributed by atoms with van der Waals surface area (Å²) >= 11 is 7.23. The zero-order valence-corrected chi connectivity index (χ0v) is 15.0. The number of benzene rings is 2. The lowest BCUT2D eigenvalue weighted by atomic mass is 9.98. The SMILES string of the molecule is CCNC(Cc1ccc(C)cc1)c1cc(Br)ccc1Br. The Balaban J connectivity index is 2.26. The summed E-state index contributed by atoms with van der Waals surface area (Å²) in [6.45, 7) is 5.22. The van der Waals surface area contributed by atoms with E-state index in [4.69, 9.17) is 0 Å². The second-order valence-electron chi connectivity index (χ2n) is 4.97. The van der Waals surface area contributed by atoms with Crippen molar-refractivity contribution in [2.45, 2.75) is 26.3 Å². The fraction of sp³-hybridized carbons (Fsp3) is 0.294. The fourth-order valence-corrected chi connectivity index (χ4v) is 3.18. The van der Waals surface area contributed by atoms with E-state index in [0.717, 1.165) is 21.9 Å². The van der Waals surface area contributed by atoms with Gasteiger partial charge in [-0.15, -0.1) is 0 Å². The Morgan fingerprint density at radius 2 is 1.75 bits per heavy atom. The van der Waals surface area contributed by atoms with Gasteiger partial charge in [0.05, 0.1) is 0 Å². The van der Waals surface area contributed by atoms with Crippen LogP contribution >= 0.6 is 31.9 Å². The van der Waals surface area contributed by atoms with E-state index in [9.17, 15) is 0 Å². The van der Waals surface area contributed by atoms with E-state index in [-0.39, 0.29) is 0 Å². The van der Waals surface area contributed by atoms with Gasteiger partial charge < -0.3 is 5.32 Å². The number of hydrogen-bond acceptors (Lipinski definition) is 1. The molecule has 106 valence electrons. The maximum absolute atomic E-state index is 3.67. The Bertz CT molecular complexity index is 564. The smallest absolute Gasteiger partial charge is 0.0372 e. The van der Waals surface area contributed by atoms with Crippen molar-refractivity contribution in [2.75, 3.05) is 6.54 Å². The highest BCUT2D eigenvalue weighted by atomic mass is 79.9. The Labute approximate surface area is 138 Å². The van der Waals surface area contributed by atoms with Gasteiger partial charge in [0.15, 0.2) is 0 Å². The second kappa shape index (κ2) is 7.39. The normalized spacial score (nSPS) is 12.4. The van der Waals surface area contributed by atoms with Gasteiger partial charge in [-0.1, -0.05) is 68.6 Å². The van der Waals surface area contributed by atoms with Crippen LogP contribution in [0.15, 0.2) is 51.4 Å². The molecule has 0 aliphatic heterocycles. The summed E-state index contributed by atoms with van der Waals surface area (Å²) in [6.07, 6.45) is 0.989. The van der Waals surface area contributed by atoms with Gasteiger partial charge in [0, 0.05) is 15.0 Å². The van der Waals surface area contributed by atoms with Crippen LogP contribution in [-0.4, -0.2) is 6.54 Å². The molecule has 0 amide bonds. The third-order valence-corrected chi connectivity index (χ3v) is 4.56. The van der Waals surface area contributed by atoms with Gasteiger partial charge >= 0.3 is 0 Å². The average Bonchev–Trinajstić information content (AvgIpc) is 2.43. The van der Waals surface area contributed by atoms with Gasteiger partial charge in [0.1, 0.15) is 0 Å². The highest BCUT2D eigenvalue weighted by Crippen LogP contribution is 2.29. The molecule has 0 heterocycles. The van der Waals surface area contributed by atoms with E-state index in [1.807, 2.05) is 0 Å². The van der Waals surface area contributed by atoms with Crippen LogP contribution in [0.2, 0.25) is 0 Å². The minimum Gasteiger partial charge on any atom is -0.310 e. The van der Waals surface area contributed by atoms with Gasteiger partial charge in [0.2, 0.25) is 0 Å². The van der Waals surface area contributed by atoms with E-state index in [0.29, 0.717) is 6.04 Å². The van der Waals surface area contributed by atoms with Crippen molar-refractivity contribution in [3.63, 3.8) is 0 Å². The molecule has 1 N–H and O–H groups in total. The van der Waals surface area contributed by atoms with Crippen LogP contribution in [0.25, 0.3) is 0 Å². The molecule has 0 aromatic heterocycles. The predicted octanol–water partition coefficient (Wildman–Crippen LogP) is 5.41. The highest BCUT2D eigenvalue weighted by Gasteiger charge is 2.14. The van der Waals surface area contributed by atoms with E-state index >= 15 is 0 Å². The van der Waals surface area contributed by atoms with E-state index in [1.54, 1.807) is 0 Å². The first-order chi connectivity index (χ1) is 9.60. The average molecular weight is 397 g/mol. The molecular weight excluding hydrogens is 378 g/mol. The van der Waals surface area contributed by atoms with Crippen molar-refractivity contribution in [2.24, 2.45) is 0 Å². The molecule has 1 nitrogen and oxygen atoms in total. The van der Waals surface area contributed by atoms with Gasteiger partial charge in [-0.05, 0) is 49.2 Å². The standard InChI is InChI=1S/C17H19Br2N/c1-3-20-17(10-13-6-4-12(2)5-7-13)15-11-14(18)8-9-16(15)19/h4-9,11,17,20H,3,10H2,1-2H3. The Morgan fingerprint density at radius 3 is 2.40 bits per heavy atom. The molecule has 0 aliphatic carbocycles. The number of hydrogen-bond donors (Lipinski definition) is 1. The minimum atomic E-state index is 0.314. The monoisotopic (exact) mass is 395 g/mol. The second-order valence-corrected chi connectivity index (χ2v) is 6.74. The van der Waals surface area contributed by atoms with Crippen molar-refractivity contribution in [1.29, 1.82) is 0 Å². The number of likely N-dealkylation sites (N-methyl/N-ethyl adjacent to an activating group) is 1. The first-order valence-electron chi connectivity index (χ1n) is 6.84. The van der Waals surface area contributed by atoms with Crippen LogP contribution in [0, 0.1) is 6.92 Å². The summed E-state index contributed by atoms with van der Waals surface area (Å²) in [4.78, 5) is 0. The molecule has 2 aromatic rings. The summed E-state index contributed by atoms with van der Waals surface area (Å²) in [7, 11) is 0. The molecule has 0 aliphatic rings. The lowest BCUT2D eigenvalue weighted by Gasteiger charge is -2.20. The Kier molecular flexibility index (Phi) is 5.82. The van der Waals surface area contributed by atoms with Crippen LogP contribution in [0.1, 0.15) is 29.7 Å². The van der Waals surface area contributed by atoms with Crippen molar-refractivity contribution in [3.05, 3.63) is 68.1 Å². The molecule has 1 unspecified atom stereocenters. The highest BCUT2D eigenvalue weighted by molar-refractivity contribution is 9.11. The molecular formula is C17H19Br2N. The molecule has 0 fully saturated rings. The zero-order chi connectivity index (χ0) is 14.5. The molecule has 0 saturated carbocycles. The van der Waals surface area contributed by atoms with Gasteiger partial charge in [-0.3, -0.25) is 0 Å². The largest absolute Gasteiger partial charge is 0.310 e.